The van der Waals surface area contributed by atoms with Crippen molar-refractivity contribution in [2.75, 3.05) is 26.4 Å². The number of ether oxygens (including phenoxy) is 3. The van der Waals surface area contributed by atoms with Gasteiger partial charge >= 0.3 is 25.7 Å². The molecule has 12 heteroatoms. The number of carbonyl (C=O) groups excluding carboxylic acids is 3. The molecule has 0 radical (unpaired) electrons. The molecular formula is C56H103O11P. The topological polar surface area (TPSA) is 155 Å². The molecule has 0 rings (SSSR count). The first kappa shape index (κ1) is 65.7. The summed E-state index contributed by atoms with van der Waals surface area (Å²) in [5.74, 6) is -1.47. The summed E-state index contributed by atoms with van der Waals surface area (Å²) in [5.41, 5.74) is 0. The van der Waals surface area contributed by atoms with Gasteiger partial charge in [0.05, 0.1) is 19.8 Å². The molecule has 2 N–H and O–H groups in total. The Balaban J connectivity index is 4.72. The van der Waals surface area contributed by atoms with E-state index in [-0.39, 0.29) is 25.9 Å². The first-order chi connectivity index (χ1) is 33.2. The molecular weight excluding hydrogens is 880 g/mol. The van der Waals surface area contributed by atoms with Crippen molar-refractivity contribution in [2.45, 2.75) is 277 Å². The van der Waals surface area contributed by atoms with E-state index in [0.717, 1.165) is 89.9 Å². The second-order valence-corrected chi connectivity index (χ2v) is 20.2. The highest BCUT2D eigenvalue weighted by Crippen LogP contribution is 2.43. The summed E-state index contributed by atoms with van der Waals surface area (Å²) in [7, 11) is -4.74. The van der Waals surface area contributed by atoms with Gasteiger partial charge in [0.2, 0.25) is 0 Å². The van der Waals surface area contributed by atoms with Crippen LogP contribution in [-0.4, -0.2) is 66.5 Å². The maximum absolute atomic E-state index is 12.9. The molecule has 0 aromatic rings. The summed E-state index contributed by atoms with van der Waals surface area (Å²) in [6.45, 7) is 4.60. The quantitative estimate of drug-likeness (QED) is 0.0197. The number of rotatable bonds is 52. The van der Waals surface area contributed by atoms with E-state index < -0.39 is 57.8 Å². The molecule has 68 heavy (non-hydrogen) atoms. The van der Waals surface area contributed by atoms with Gasteiger partial charge in [0.25, 0.3) is 0 Å². The summed E-state index contributed by atoms with van der Waals surface area (Å²) < 4.78 is 39.4. The molecule has 0 heterocycles. The smallest absolute Gasteiger partial charge is 0.462 e. The molecule has 0 aliphatic carbocycles. The number of hydrogen-bond donors (Lipinski definition) is 2. The van der Waals surface area contributed by atoms with Gasteiger partial charge in [0.1, 0.15) is 12.7 Å². The summed E-state index contributed by atoms with van der Waals surface area (Å²) in [6.07, 6.45) is 51.0. The van der Waals surface area contributed by atoms with Gasteiger partial charge in [-0.1, -0.05) is 205 Å². The number of aliphatic hydroxyl groups is 1. The Morgan fingerprint density at radius 2 is 0.721 bits per heavy atom. The Labute approximate surface area is 416 Å². The molecule has 0 bridgehead atoms. The van der Waals surface area contributed by atoms with Gasteiger partial charge < -0.3 is 24.2 Å². The zero-order valence-corrected chi connectivity index (χ0v) is 44.7. The summed E-state index contributed by atoms with van der Waals surface area (Å²) in [4.78, 5) is 48.4. The number of phosphoric acid groups is 1. The normalized spacial score (nSPS) is 13.7. The van der Waals surface area contributed by atoms with Crippen LogP contribution in [0, 0.1) is 0 Å². The second-order valence-electron chi connectivity index (χ2n) is 18.7. The van der Waals surface area contributed by atoms with E-state index in [9.17, 15) is 28.9 Å². The van der Waals surface area contributed by atoms with Crippen LogP contribution in [0.5, 0.6) is 0 Å². The number of allylic oxidation sites excluding steroid dienone is 6. The highest BCUT2D eigenvalue weighted by molar-refractivity contribution is 7.47. The van der Waals surface area contributed by atoms with Crippen LogP contribution in [0.3, 0.4) is 0 Å². The van der Waals surface area contributed by atoms with Crippen molar-refractivity contribution in [3.05, 3.63) is 36.5 Å². The predicted molar refractivity (Wildman–Crippen MR) is 279 cm³/mol. The third-order valence-electron chi connectivity index (χ3n) is 12.0. The summed E-state index contributed by atoms with van der Waals surface area (Å²) >= 11 is 0. The van der Waals surface area contributed by atoms with Gasteiger partial charge in [-0.25, -0.2) is 4.57 Å². The lowest BCUT2D eigenvalue weighted by molar-refractivity contribution is -0.161. The van der Waals surface area contributed by atoms with Crippen LogP contribution in [0.4, 0.5) is 0 Å². The van der Waals surface area contributed by atoms with Gasteiger partial charge in [0, 0.05) is 19.3 Å². The van der Waals surface area contributed by atoms with E-state index in [1.54, 1.807) is 0 Å². The SMILES string of the molecule is CCCCC/C=C\C/C=C\CCCCCCCCCC(=O)OCC(COP(=O)(O)OCC(CO)OC(=O)CCCCCCCCCCCCC)OC(=O)CCCCCCC/C=C\CCCCCC. The van der Waals surface area contributed by atoms with Crippen LogP contribution < -0.4 is 0 Å². The average molecular weight is 983 g/mol. The molecule has 11 nitrogen and oxygen atoms in total. The standard InChI is InChI=1S/C56H103O11P/c1-4-7-10-13-16-19-22-24-25-26-27-29-31-33-36-39-42-45-54(58)63-49-53(67-56(60)47-44-41-38-35-32-28-23-20-17-14-11-8-5-2)51-65-68(61,62)64-50-52(48-57)66-55(59)46-43-40-37-34-30-21-18-15-12-9-6-3/h16,19-20,23-25,52-53,57H,4-15,17-18,21-22,26-51H2,1-3H3,(H,61,62)/b19-16-,23-20-,25-24-. The zero-order valence-electron chi connectivity index (χ0n) is 43.8. The fourth-order valence-corrected chi connectivity index (χ4v) is 8.52. The molecule has 0 saturated heterocycles. The lowest BCUT2D eigenvalue weighted by atomic mass is 10.1. The minimum atomic E-state index is -4.74. The minimum absolute atomic E-state index is 0.158. The van der Waals surface area contributed by atoms with Crippen molar-refractivity contribution < 1.29 is 52.2 Å². The van der Waals surface area contributed by atoms with Crippen LogP contribution in [-0.2, 0) is 42.2 Å². The number of aliphatic hydroxyl groups excluding tert-OH is 1. The van der Waals surface area contributed by atoms with Crippen molar-refractivity contribution >= 4 is 25.7 Å². The van der Waals surface area contributed by atoms with E-state index in [1.165, 1.54) is 116 Å². The third-order valence-corrected chi connectivity index (χ3v) is 13.0. The van der Waals surface area contributed by atoms with Crippen molar-refractivity contribution in [3.63, 3.8) is 0 Å². The maximum atomic E-state index is 12.9. The molecule has 0 amide bonds. The number of carbonyl (C=O) groups is 3. The molecule has 0 spiro atoms. The Morgan fingerprint density at radius 3 is 1.15 bits per heavy atom. The van der Waals surface area contributed by atoms with Crippen molar-refractivity contribution in [1.29, 1.82) is 0 Å². The second kappa shape index (κ2) is 51.1. The van der Waals surface area contributed by atoms with Crippen LogP contribution in [0.1, 0.15) is 265 Å². The van der Waals surface area contributed by atoms with Gasteiger partial charge in [-0.2, -0.15) is 0 Å². The molecule has 0 saturated carbocycles. The first-order valence-corrected chi connectivity index (χ1v) is 29.4. The molecule has 3 unspecified atom stereocenters. The van der Waals surface area contributed by atoms with Crippen molar-refractivity contribution in [2.24, 2.45) is 0 Å². The lowest BCUT2D eigenvalue weighted by Crippen LogP contribution is -2.30. The van der Waals surface area contributed by atoms with E-state index in [1.807, 2.05) is 0 Å². The van der Waals surface area contributed by atoms with E-state index in [0.29, 0.717) is 19.3 Å². The van der Waals surface area contributed by atoms with Gasteiger partial charge in [0.15, 0.2) is 6.10 Å². The van der Waals surface area contributed by atoms with Crippen molar-refractivity contribution in [1.82, 2.24) is 0 Å². The number of phosphoric ester groups is 1. The Hall–Kier alpha value is -2.30. The number of esters is 3. The van der Waals surface area contributed by atoms with Crippen LogP contribution >= 0.6 is 7.82 Å². The fourth-order valence-electron chi connectivity index (χ4n) is 7.73. The van der Waals surface area contributed by atoms with E-state index in [2.05, 4.69) is 57.2 Å². The number of unbranched alkanes of at least 4 members (excludes halogenated alkanes) is 29. The highest BCUT2D eigenvalue weighted by atomic mass is 31.2. The van der Waals surface area contributed by atoms with E-state index >= 15 is 0 Å². The molecule has 0 aliphatic rings. The maximum Gasteiger partial charge on any atom is 0.472 e. The molecule has 398 valence electrons. The Kier molecular flexibility index (Phi) is 49.3. The van der Waals surface area contributed by atoms with Gasteiger partial charge in [-0.15, -0.1) is 0 Å². The molecule has 0 aromatic heterocycles. The largest absolute Gasteiger partial charge is 0.472 e. The van der Waals surface area contributed by atoms with Crippen LogP contribution in [0.2, 0.25) is 0 Å². The summed E-state index contributed by atoms with van der Waals surface area (Å²) in [6, 6.07) is 0. The lowest BCUT2D eigenvalue weighted by Gasteiger charge is -2.21. The average Bonchev–Trinajstić information content (AvgIpc) is 3.32. The minimum Gasteiger partial charge on any atom is -0.462 e. The monoisotopic (exact) mass is 983 g/mol. The third kappa shape index (κ3) is 48.7. The predicted octanol–water partition coefficient (Wildman–Crippen LogP) is 16.0. The molecule has 0 fully saturated rings. The zero-order chi connectivity index (χ0) is 49.9. The summed E-state index contributed by atoms with van der Waals surface area (Å²) in [5, 5.41) is 9.78. The molecule has 0 aliphatic heterocycles. The van der Waals surface area contributed by atoms with Gasteiger partial charge in [-0.05, 0) is 77.0 Å². The van der Waals surface area contributed by atoms with Crippen LogP contribution in [0.25, 0.3) is 0 Å². The first-order valence-electron chi connectivity index (χ1n) is 27.9. The van der Waals surface area contributed by atoms with Crippen molar-refractivity contribution in [3.8, 4) is 0 Å². The Bertz CT molecular complexity index is 1280. The highest BCUT2D eigenvalue weighted by Gasteiger charge is 2.28. The molecule has 0 aromatic carbocycles. The van der Waals surface area contributed by atoms with Gasteiger partial charge in [-0.3, -0.25) is 23.4 Å². The van der Waals surface area contributed by atoms with E-state index in [4.69, 9.17) is 23.3 Å². The number of hydrogen-bond acceptors (Lipinski definition) is 10. The molecule has 3 atom stereocenters. The fraction of sp³-hybridized carbons (Fsp3) is 0.839. The Morgan fingerprint density at radius 1 is 0.412 bits per heavy atom. The van der Waals surface area contributed by atoms with Crippen LogP contribution in [0.15, 0.2) is 36.5 Å².